The Morgan fingerprint density at radius 1 is 1.29 bits per heavy atom. The molecule has 14 heavy (non-hydrogen) atoms. The average Bonchev–Trinajstić information content (AvgIpc) is 2.21. The van der Waals surface area contributed by atoms with Gasteiger partial charge in [-0.15, -0.1) is 0 Å². The third kappa shape index (κ3) is 1.35. The highest BCUT2D eigenvalue weighted by Gasteiger charge is 2.55. The number of hydrogen-bond acceptors (Lipinski definition) is 3. The number of ether oxygens (including phenoxy) is 1. The molecular formula is C11H16O3. The predicted molar refractivity (Wildman–Crippen MR) is 50.6 cm³/mol. The molecule has 1 saturated carbocycles. The lowest BCUT2D eigenvalue weighted by atomic mass is 9.65. The van der Waals surface area contributed by atoms with E-state index in [1.807, 2.05) is 6.92 Å². The number of hydrogen-bond donors (Lipinski definition) is 0. The fourth-order valence-electron chi connectivity index (χ4n) is 2.98. The van der Waals surface area contributed by atoms with Crippen molar-refractivity contribution in [3.05, 3.63) is 0 Å². The van der Waals surface area contributed by atoms with Gasteiger partial charge in [-0.1, -0.05) is 13.8 Å². The number of Topliss-reactive ketones (excluding diaryl/α,β-unsaturated/α-hetero) is 1. The van der Waals surface area contributed by atoms with Gasteiger partial charge >= 0.3 is 5.97 Å². The number of esters is 1. The molecule has 0 amide bonds. The van der Waals surface area contributed by atoms with E-state index in [-0.39, 0.29) is 29.5 Å². The summed E-state index contributed by atoms with van der Waals surface area (Å²) in [6, 6.07) is 0. The van der Waals surface area contributed by atoms with Crippen LogP contribution in [-0.4, -0.2) is 17.4 Å². The molecule has 2 rings (SSSR count). The van der Waals surface area contributed by atoms with Crippen molar-refractivity contribution >= 4 is 11.8 Å². The van der Waals surface area contributed by atoms with Crippen LogP contribution in [0.2, 0.25) is 0 Å². The van der Waals surface area contributed by atoms with E-state index in [0.29, 0.717) is 6.42 Å². The Balaban J connectivity index is 2.32. The van der Waals surface area contributed by atoms with Crippen LogP contribution >= 0.6 is 0 Å². The summed E-state index contributed by atoms with van der Waals surface area (Å²) in [4.78, 5) is 23.0. The van der Waals surface area contributed by atoms with Crippen LogP contribution in [0.3, 0.4) is 0 Å². The second-order valence-corrected chi connectivity index (χ2v) is 5.53. The molecule has 78 valence electrons. The maximum Gasteiger partial charge on any atom is 0.307 e. The van der Waals surface area contributed by atoms with Gasteiger partial charge in [0.1, 0.15) is 11.4 Å². The van der Waals surface area contributed by atoms with Gasteiger partial charge < -0.3 is 4.74 Å². The van der Waals surface area contributed by atoms with Crippen LogP contribution in [0.5, 0.6) is 0 Å². The number of carbonyl (C=O) groups is 2. The molecule has 3 heteroatoms. The molecule has 0 spiro atoms. The molecule has 0 aromatic carbocycles. The van der Waals surface area contributed by atoms with E-state index in [0.717, 1.165) is 6.42 Å². The van der Waals surface area contributed by atoms with Gasteiger partial charge in [0.05, 0.1) is 12.3 Å². The van der Waals surface area contributed by atoms with Gasteiger partial charge in [-0.25, -0.2) is 0 Å². The Morgan fingerprint density at radius 3 is 2.57 bits per heavy atom. The summed E-state index contributed by atoms with van der Waals surface area (Å²) in [5.74, 6) is -0.221. The molecule has 2 aliphatic rings. The summed E-state index contributed by atoms with van der Waals surface area (Å²) in [6.45, 7) is 6.00. The fourth-order valence-corrected chi connectivity index (χ4v) is 2.98. The number of ketones is 1. The number of rotatable bonds is 0. The SMILES string of the molecule is CC1(C)CC(=O)[C@@H]2CC(=O)O[C@]2(C)C1. The minimum Gasteiger partial charge on any atom is -0.459 e. The van der Waals surface area contributed by atoms with Gasteiger partial charge in [0.15, 0.2) is 0 Å². The zero-order valence-corrected chi connectivity index (χ0v) is 8.92. The van der Waals surface area contributed by atoms with Crippen molar-refractivity contribution in [2.75, 3.05) is 0 Å². The van der Waals surface area contributed by atoms with Crippen molar-refractivity contribution < 1.29 is 14.3 Å². The van der Waals surface area contributed by atoms with E-state index in [9.17, 15) is 9.59 Å². The minimum absolute atomic E-state index is 0.0348. The zero-order valence-electron chi connectivity index (χ0n) is 8.92. The highest BCUT2D eigenvalue weighted by Crippen LogP contribution is 2.48. The van der Waals surface area contributed by atoms with Crippen LogP contribution in [0.4, 0.5) is 0 Å². The Bertz CT molecular complexity index is 306. The standard InChI is InChI=1S/C11H16O3/c1-10(2)5-8(12)7-4-9(13)14-11(7,3)6-10/h7H,4-6H2,1-3H3/t7-,11+/m0/s1. The van der Waals surface area contributed by atoms with E-state index in [1.165, 1.54) is 0 Å². The number of carbonyl (C=O) groups excluding carboxylic acids is 2. The van der Waals surface area contributed by atoms with Crippen molar-refractivity contribution in [1.29, 1.82) is 0 Å². The van der Waals surface area contributed by atoms with E-state index >= 15 is 0 Å². The summed E-state index contributed by atoms with van der Waals surface area (Å²) in [5.41, 5.74) is -0.567. The van der Waals surface area contributed by atoms with Gasteiger partial charge in [-0.3, -0.25) is 9.59 Å². The second kappa shape index (κ2) is 2.59. The molecule has 2 atom stereocenters. The first-order chi connectivity index (χ1) is 6.32. The molecule has 1 aliphatic carbocycles. The van der Waals surface area contributed by atoms with Gasteiger partial charge in [0, 0.05) is 6.42 Å². The van der Waals surface area contributed by atoms with Crippen molar-refractivity contribution in [1.82, 2.24) is 0 Å². The van der Waals surface area contributed by atoms with Gasteiger partial charge in [0.25, 0.3) is 0 Å². The first-order valence-corrected chi connectivity index (χ1v) is 5.07. The topological polar surface area (TPSA) is 43.4 Å². The second-order valence-electron chi connectivity index (χ2n) is 5.53. The van der Waals surface area contributed by atoms with Crippen molar-refractivity contribution in [3.8, 4) is 0 Å². The predicted octanol–water partition coefficient (Wildman–Crippen LogP) is 1.70. The largest absolute Gasteiger partial charge is 0.459 e. The van der Waals surface area contributed by atoms with Gasteiger partial charge in [0.2, 0.25) is 0 Å². The van der Waals surface area contributed by atoms with Crippen LogP contribution in [0.1, 0.15) is 40.0 Å². The molecule has 0 bridgehead atoms. The Hall–Kier alpha value is -0.860. The molecule has 0 N–H and O–H groups in total. The summed E-state index contributed by atoms with van der Waals surface area (Å²) in [5, 5.41) is 0. The zero-order chi connectivity index (χ0) is 10.6. The lowest BCUT2D eigenvalue weighted by Gasteiger charge is -2.41. The van der Waals surface area contributed by atoms with Crippen molar-refractivity contribution in [3.63, 3.8) is 0 Å². The summed E-state index contributed by atoms with van der Waals surface area (Å²) >= 11 is 0. The molecule has 1 heterocycles. The molecule has 0 radical (unpaired) electrons. The first kappa shape index (κ1) is 9.69. The van der Waals surface area contributed by atoms with Gasteiger partial charge in [-0.2, -0.15) is 0 Å². The van der Waals surface area contributed by atoms with Gasteiger partial charge in [-0.05, 0) is 18.8 Å². The Kier molecular flexibility index (Phi) is 1.79. The summed E-state index contributed by atoms with van der Waals surface area (Å²) in [6.07, 6.45) is 1.65. The highest BCUT2D eigenvalue weighted by atomic mass is 16.6. The van der Waals surface area contributed by atoms with Crippen molar-refractivity contribution in [2.45, 2.75) is 45.6 Å². The molecule has 0 aromatic heterocycles. The van der Waals surface area contributed by atoms with E-state index in [1.54, 1.807) is 0 Å². The van der Waals surface area contributed by atoms with Crippen LogP contribution < -0.4 is 0 Å². The maximum absolute atomic E-state index is 11.8. The van der Waals surface area contributed by atoms with E-state index < -0.39 is 5.60 Å². The summed E-state index contributed by atoms with van der Waals surface area (Å²) < 4.78 is 5.30. The maximum atomic E-state index is 11.8. The molecule has 0 unspecified atom stereocenters. The molecule has 2 fully saturated rings. The lowest BCUT2D eigenvalue weighted by molar-refractivity contribution is -0.155. The molecular weight excluding hydrogens is 180 g/mol. The van der Waals surface area contributed by atoms with Crippen LogP contribution in [-0.2, 0) is 14.3 Å². The van der Waals surface area contributed by atoms with Crippen LogP contribution in [0.15, 0.2) is 0 Å². The third-order valence-corrected chi connectivity index (χ3v) is 3.33. The minimum atomic E-state index is -0.532. The van der Waals surface area contributed by atoms with Crippen LogP contribution in [0.25, 0.3) is 0 Å². The summed E-state index contributed by atoms with van der Waals surface area (Å²) in [7, 11) is 0. The molecule has 3 nitrogen and oxygen atoms in total. The quantitative estimate of drug-likeness (QED) is 0.554. The fraction of sp³-hybridized carbons (Fsp3) is 0.818. The first-order valence-electron chi connectivity index (χ1n) is 5.07. The Labute approximate surface area is 83.8 Å². The molecule has 1 aliphatic heterocycles. The lowest BCUT2D eigenvalue weighted by Crippen LogP contribution is -2.46. The third-order valence-electron chi connectivity index (χ3n) is 3.33. The van der Waals surface area contributed by atoms with Crippen LogP contribution in [0, 0.1) is 11.3 Å². The smallest absolute Gasteiger partial charge is 0.307 e. The van der Waals surface area contributed by atoms with E-state index in [2.05, 4.69) is 13.8 Å². The van der Waals surface area contributed by atoms with Crippen molar-refractivity contribution in [2.24, 2.45) is 11.3 Å². The highest BCUT2D eigenvalue weighted by molar-refractivity contribution is 5.90. The molecule has 1 saturated heterocycles. The Morgan fingerprint density at radius 2 is 1.93 bits per heavy atom. The molecule has 0 aromatic rings. The average molecular weight is 196 g/mol. The monoisotopic (exact) mass is 196 g/mol. The number of fused-ring (bicyclic) bond motifs is 1. The normalized spacial score (nSPS) is 40.6. The van der Waals surface area contributed by atoms with E-state index in [4.69, 9.17) is 4.74 Å².